The molecule has 1 N–H and O–H groups in total. The predicted octanol–water partition coefficient (Wildman–Crippen LogP) is 3.85. The van der Waals surface area contributed by atoms with E-state index in [1.165, 1.54) is 25.7 Å². The van der Waals surface area contributed by atoms with Crippen molar-refractivity contribution in [2.24, 2.45) is 5.92 Å². The second-order valence-electron chi connectivity index (χ2n) is 5.61. The highest BCUT2D eigenvalue weighted by Crippen LogP contribution is 2.29. The van der Waals surface area contributed by atoms with Crippen LogP contribution in [0.4, 0.5) is 0 Å². The molecule has 1 atom stereocenters. The Morgan fingerprint density at radius 3 is 2.75 bits per heavy atom. The van der Waals surface area contributed by atoms with Crippen molar-refractivity contribution < 1.29 is 14.6 Å². The zero-order valence-electron chi connectivity index (χ0n) is 12.6. The fourth-order valence-electron chi connectivity index (χ4n) is 2.48. The number of rotatable bonds is 8. The van der Waals surface area contributed by atoms with E-state index in [1.807, 2.05) is 25.1 Å². The first-order valence-electron chi connectivity index (χ1n) is 7.72. The van der Waals surface area contributed by atoms with E-state index in [-0.39, 0.29) is 0 Å². The Kier molecular flexibility index (Phi) is 5.86. The van der Waals surface area contributed by atoms with E-state index in [0.29, 0.717) is 13.2 Å². The van der Waals surface area contributed by atoms with Gasteiger partial charge in [-0.05, 0) is 43.9 Å². The summed E-state index contributed by atoms with van der Waals surface area (Å²) in [5.74, 6) is 1.74. The SMILES string of the molecule is CCOc1ccc(C(C)O)cc1COCCC1CCC1. The van der Waals surface area contributed by atoms with Crippen molar-refractivity contribution in [1.82, 2.24) is 0 Å². The van der Waals surface area contributed by atoms with E-state index < -0.39 is 6.10 Å². The lowest BCUT2D eigenvalue weighted by Crippen LogP contribution is -2.13. The highest BCUT2D eigenvalue weighted by Gasteiger charge is 2.16. The molecule has 112 valence electrons. The van der Waals surface area contributed by atoms with Crippen LogP contribution in [0.5, 0.6) is 5.75 Å². The van der Waals surface area contributed by atoms with E-state index in [0.717, 1.165) is 29.4 Å². The predicted molar refractivity (Wildman–Crippen MR) is 79.9 cm³/mol. The van der Waals surface area contributed by atoms with Crippen LogP contribution >= 0.6 is 0 Å². The minimum Gasteiger partial charge on any atom is -0.494 e. The number of hydrogen-bond acceptors (Lipinski definition) is 3. The molecule has 1 saturated carbocycles. The van der Waals surface area contributed by atoms with Crippen LogP contribution in [0.2, 0.25) is 0 Å². The number of benzene rings is 1. The molecular formula is C17H26O3. The van der Waals surface area contributed by atoms with Gasteiger partial charge in [0.1, 0.15) is 5.75 Å². The topological polar surface area (TPSA) is 38.7 Å². The van der Waals surface area contributed by atoms with E-state index in [1.54, 1.807) is 6.92 Å². The third-order valence-electron chi connectivity index (χ3n) is 4.02. The van der Waals surface area contributed by atoms with Gasteiger partial charge in [0.25, 0.3) is 0 Å². The molecule has 0 aliphatic heterocycles. The fourth-order valence-corrected chi connectivity index (χ4v) is 2.48. The summed E-state index contributed by atoms with van der Waals surface area (Å²) < 4.78 is 11.4. The van der Waals surface area contributed by atoms with E-state index in [2.05, 4.69) is 0 Å². The van der Waals surface area contributed by atoms with Crippen molar-refractivity contribution in [3.05, 3.63) is 29.3 Å². The van der Waals surface area contributed by atoms with E-state index >= 15 is 0 Å². The normalized spacial score (nSPS) is 16.8. The minimum atomic E-state index is -0.459. The summed E-state index contributed by atoms with van der Waals surface area (Å²) in [5, 5.41) is 9.67. The van der Waals surface area contributed by atoms with Gasteiger partial charge in [-0.2, -0.15) is 0 Å². The van der Waals surface area contributed by atoms with Crippen molar-refractivity contribution in [2.75, 3.05) is 13.2 Å². The zero-order chi connectivity index (χ0) is 14.4. The summed E-state index contributed by atoms with van der Waals surface area (Å²) in [6.07, 6.45) is 4.82. The summed E-state index contributed by atoms with van der Waals surface area (Å²) in [6, 6.07) is 5.82. The second-order valence-corrected chi connectivity index (χ2v) is 5.61. The molecule has 3 nitrogen and oxygen atoms in total. The summed E-state index contributed by atoms with van der Waals surface area (Å²) >= 11 is 0. The van der Waals surface area contributed by atoms with Gasteiger partial charge >= 0.3 is 0 Å². The first kappa shape index (κ1) is 15.3. The Morgan fingerprint density at radius 2 is 2.15 bits per heavy atom. The van der Waals surface area contributed by atoms with Crippen molar-refractivity contribution in [2.45, 2.75) is 52.2 Å². The first-order chi connectivity index (χ1) is 9.70. The summed E-state index contributed by atoms with van der Waals surface area (Å²) in [7, 11) is 0. The van der Waals surface area contributed by atoms with Crippen molar-refractivity contribution >= 4 is 0 Å². The Bertz CT molecular complexity index is 411. The molecule has 0 aromatic heterocycles. The maximum Gasteiger partial charge on any atom is 0.124 e. The molecule has 0 amide bonds. The van der Waals surface area contributed by atoms with Crippen molar-refractivity contribution in [1.29, 1.82) is 0 Å². The molecule has 3 heteroatoms. The molecule has 1 unspecified atom stereocenters. The minimum absolute atomic E-state index is 0.459. The van der Waals surface area contributed by atoms with Crippen molar-refractivity contribution in [3.8, 4) is 5.75 Å². The van der Waals surface area contributed by atoms with Crippen LogP contribution in [0.1, 0.15) is 56.8 Å². The Labute approximate surface area is 121 Å². The largest absolute Gasteiger partial charge is 0.494 e. The smallest absolute Gasteiger partial charge is 0.124 e. The molecule has 1 aromatic rings. The van der Waals surface area contributed by atoms with Gasteiger partial charge in [0.05, 0.1) is 19.3 Å². The second kappa shape index (κ2) is 7.65. The summed E-state index contributed by atoms with van der Waals surface area (Å²) in [4.78, 5) is 0. The maximum absolute atomic E-state index is 9.67. The van der Waals surface area contributed by atoms with Crippen LogP contribution in [0.3, 0.4) is 0 Å². The zero-order valence-corrected chi connectivity index (χ0v) is 12.6. The highest BCUT2D eigenvalue weighted by atomic mass is 16.5. The molecule has 1 aromatic carbocycles. The molecular weight excluding hydrogens is 252 g/mol. The Morgan fingerprint density at radius 1 is 1.35 bits per heavy atom. The Balaban J connectivity index is 1.89. The molecule has 0 radical (unpaired) electrons. The molecule has 0 heterocycles. The quantitative estimate of drug-likeness (QED) is 0.734. The van der Waals surface area contributed by atoms with Crippen LogP contribution in [0.25, 0.3) is 0 Å². The lowest BCUT2D eigenvalue weighted by atomic mass is 9.83. The maximum atomic E-state index is 9.67. The van der Waals surface area contributed by atoms with E-state index in [9.17, 15) is 5.11 Å². The average Bonchev–Trinajstić information content (AvgIpc) is 2.38. The van der Waals surface area contributed by atoms with Gasteiger partial charge in [-0.3, -0.25) is 0 Å². The van der Waals surface area contributed by atoms with Gasteiger partial charge < -0.3 is 14.6 Å². The molecule has 1 aliphatic rings. The lowest BCUT2D eigenvalue weighted by Gasteiger charge is -2.25. The molecule has 20 heavy (non-hydrogen) atoms. The van der Waals surface area contributed by atoms with Gasteiger partial charge in [0.2, 0.25) is 0 Å². The van der Waals surface area contributed by atoms with E-state index in [4.69, 9.17) is 9.47 Å². The Hall–Kier alpha value is -1.06. The third-order valence-corrected chi connectivity index (χ3v) is 4.02. The third kappa shape index (κ3) is 4.22. The van der Waals surface area contributed by atoms with Gasteiger partial charge in [0.15, 0.2) is 0 Å². The molecule has 1 aliphatic carbocycles. The number of ether oxygens (including phenoxy) is 2. The summed E-state index contributed by atoms with van der Waals surface area (Å²) in [5.41, 5.74) is 1.94. The molecule has 0 saturated heterocycles. The molecule has 0 spiro atoms. The lowest BCUT2D eigenvalue weighted by molar-refractivity contribution is 0.0930. The van der Waals surface area contributed by atoms with Crippen LogP contribution < -0.4 is 4.74 Å². The highest BCUT2D eigenvalue weighted by molar-refractivity contribution is 5.37. The molecule has 0 bridgehead atoms. The van der Waals surface area contributed by atoms with Crippen LogP contribution in [0.15, 0.2) is 18.2 Å². The summed E-state index contributed by atoms with van der Waals surface area (Å²) in [6.45, 7) is 5.77. The monoisotopic (exact) mass is 278 g/mol. The average molecular weight is 278 g/mol. The fraction of sp³-hybridized carbons (Fsp3) is 0.647. The van der Waals surface area contributed by atoms with Gasteiger partial charge in [-0.15, -0.1) is 0 Å². The van der Waals surface area contributed by atoms with Crippen LogP contribution in [0, 0.1) is 5.92 Å². The van der Waals surface area contributed by atoms with Gasteiger partial charge in [-0.25, -0.2) is 0 Å². The number of aliphatic hydroxyl groups is 1. The first-order valence-corrected chi connectivity index (χ1v) is 7.72. The van der Waals surface area contributed by atoms with Crippen molar-refractivity contribution in [3.63, 3.8) is 0 Å². The number of hydrogen-bond donors (Lipinski definition) is 1. The molecule has 2 rings (SSSR count). The standard InChI is InChI=1S/C17H26O3/c1-3-20-17-8-7-15(13(2)18)11-16(17)12-19-10-9-14-5-4-6-14/h7-8,11,13-14,18H,3-6,9-10,12H2,1-2H3. The molecule has 1 fully saturated rings. The van der Waals surface area contributed by atoms with Gasteiger partial charge in [0, 0.05) is 12.2 Å². The van der Waals surface area contributed by atoms with Crippen LogP contribution in [-0.4, -0.2) is 18.3 Å². The van der Waals surface area contributed by atoms with Crippen LogP contribution in [-0.2, 0) is 11.3 Å². The number of aliphatic hydroxyl groups excluding tert-OH is 1. The van der Waals surface area contributed by atoms with Gasteiger partial charge in [-0.1, -0.05) is 25.3 Å².